The predicted octanol–water partition coefficient (Wildman–Crippen LogP) is 11.3. The topological polar surface area (TPSA) is 89.5 Å². The third-order valence-electron chi connectivity index (χ3n) is 9.58. The molecule has 2 unspecified atom stereocenters. The van der Waals surface area contributed by atoms with E-state index in [0.29, 0.717) is 35.8 Å². The third kappa shape index (κ3) is 12.9. The number of carbonyl (C=O) groups excluding carboxylic acids is 2. The van der Waals surface area contributed by atoms with Crippen molar-refractivity contribution in [1.29, 1.82) is 0 Å². The van der Waals surface area contributed by atoms with Gasteiger partial charge in [-0.3, -0.25) is 9.59 Å². The minimum atomic E-state index is -0.645. The van der Waals surface area contributed by atoms with Crippen molar-refractivity contribution in [2.75, 3.05) is 26.4 Å². The summed E-state index contributed by atoms with van der Waals surface area (Å²) in [5, 5.41) is 3.36. The lowest BCUT2D eigenvalue weighted by molar-refractivity contribution is -0.153. The Kier molecular flexibility index (Phi) is 16.7. The van der Waals surface area contributed by atoms with Gasteiger partial charge in [0.15, 0.2) is 12.2 Å². The molecule has 0 aliphatic rings. The smallest absolute Gasteiger partial charge is 0.306 e. The van der Waals surface area contributed by atoms with Gasteiger partial charge in [0.2, 0.25) is 0 Å². The number of esters is 2. The first kappa shape index (κ1) is 41.9. The highest BCUT2D eigenvalue weighted by molar-refractivity contribution is 6.11. The van der Waals surface area contributed by atoms with Crippen LogP contribution in [0.5, 0.6) is 23.0 Å². The molecule has 2 atom stereocenters. The Labute approximate surface area is 332 Å². The van der Waals surface area contributed by atoms with Crippen molar-refractivity contribution >= 4 is 33.5 Å². The van der Waals surface area contributed by atoms with E-state index in [1.807, 2.05) is 111 Å². The fraction of sp³-hybridized carbons (Fsp3) is 0.417. The molecule has 298 valence electrons. The van der Waals surface area contributed by atoms with Gasteiger partial charge in [0.1, 0.15) is 49.4 Å². The highest BCUT2D eigenvalue weighted by Gasteiger charge is 2.23. The van der Waals surface area contributed by atoms with Gasteiger partial charge in [-0.15, -0.1) is 0 Å². The van der Waals surface area contributed by atoms with Crippen LogP contribution in [0.1, 0.15) is 89.2 Å². The summed E-state index contributed by atoms with van der Waals surface area (Å²) < 4.78 is 37.5. The molecule has 0 fully saturated rings. The SMILES string of the molecule is CCCCCCC(=O)OC(COc1cccc(C)c1)COc1c2ccccc2c(OCC(COc2cccc(C)c2)OC(=O)CCCCCC)c2ccccc12. The molecule has 8 heteroatoms. The van der Waals surface area contributed by atoms with Gasteiger partial charge >= 0.3 is 11.9 Å². The van der Waals surface area contributed by atoms with Gasteiger partial charge in [0.25, 0.3) is 0 Å². The Bertz CT molecular complexity index is 1790. The van der Waals surface area contributed by atoms with Crippen LogP contribution in [0.4, 0.5) is 0 Å². The van der Waals surface area contributed by atoms with Crippen LogP contribution in [0.15, 0.2) is 97.1 Å². The first-order chi connectivity index (χ1) is 27.3. The molecular formula is C48H58O8. The standard InChI is InChI=1S/C48H58O8/c1-5-7-9-11-27-45(49)55-39(31-51-37-21-17-19-35(3)29-37)33-53-47-41-23-13-15-25-43(41)48(44-26-16-14-24-42(44)47)54-34-40(56-46(50)28-12-10-8-6-2)32-52-38-22-18-20-36(4)30-38/h13-26,29-30,39-40H,5-12,27-28,31-34H2,1-4H3. The summed E-state index contributed by atoms with van der Waals surface area (Å²) in [6.45, 7) is 8.78. The third-order valence-corrected chi connectivity index (χ3v) is 9.58. The van der Waals surface area contributed by atoms with Crippen molar-refractivity contribution in [3.05, 3.63) is 108 Å². The monoisotopic (exact) mass is 762 g/mol. The van der Waals surface area contributed by atoms with Gasteiger partial charge in [-0.1, -0.05) is 125 Å². The van der Waals surface area contributed by atoms with Crippen LogP contribution in [-0.2, 0) is 19.1 Å². The van der Waals surface area contributed by atoms with Crippen molar-refractivity contribution in [3.63, 3.8) is 0 Å². The minimum absolute atomic E-state index is 0.0906. The van der Waals surface area contributed by atoms with E-state index in [4.69, 9.17) is 28.4 Å². The van der Waals surface area contributed by atoms with Crippen LogP contribution in [0, 0.1) is 13.8 Å². The number of fused-ring (bicyclic) bond motifs is 2. The van der Waals surface area contributed by atoms with Gasteiger partial charge in [0.05, 0.1) is 0 Å². The maximum Gasteiger partial charge on any atom is 0.306 e. The average Bonchev–Trinajstić information content (AvgIpc) is 3.20. The van der Waals surface area contributed by atoms with Crippen LogP contribution in [0.3, 0.4) is 0 Å². The second-order valence-electron chi connectivity index (χ2n) is 14.5. The molecule has 0 aliphatic heterocycles. The summed E-state index contributed by atoms with van der Waals surface area (Å²) in [5.41, 5.74) is 2.16. The molecule has 8 nitrogen and oxygen atoms in total. The molecule has 5 aromatic carbocycles. The zero-order valence-electron chi connectivity index (χ0n) is 33.6. The van der Waals surface area contributed by atoms with E-state index < -0.39 is 12.2 Å². The highest BCUT2D eigenvalue weighted by Crippen LogP contribution is 2.43. The van der Waals surface area contributed by atoms with Crippen molar-refractivity contribution in [1.82, 2.24) is 0 Å². The summed E-state index contributed by atoms with van der Waals surface area (Å²) in [5.74, 6) is 2.20. The summed E-state index contributed by atoms with van der Waals surface area (Å²) >= 11 is 0. The number of rotatable bonds is 24. The van der Waals surface area contributed by atoms with Gasteiger partial charge < -0.3 is 28.4 Å². The molecule has 0 saturated heterocycles. The predicted molar refractivity (Wildman–Crippen MR) is 223 cm³/mol. The number of unbranched alkanes of at least 4 members (excludes halogenated alkanes) is 6. The molecule has 5 rings (SSSR count). The summed E-state index contributed by atoms with van der Waals surface area (Å²) in [6.07, 6.45) is 7.32. The number of hydrogen-bond acceptors (Lipinski definition) is 8. The second-order valence-corrected chi connectivity index (χ2v) is 14.5. The quantitative estimate of drug-likeness (QED) is 0.0349. The normalized spacial score (nSPS) is 12.2. The molecule has 0 aliphatic carbocycles. The van der Waals surface area contributed by atoms with Gasteiger partial charge in [-0.05, 0) is 62.1 Å². The van der Waals surface area contributed by atoms with E-state index in [1.165, 1.54) is 0 Å². The Morgan fingerprint density at radius 3 is 1.20 bits per heavy atom. The second kappa shape index (κ2) is 22.3. The van der Waals surface area contributed by atoms with Crippen molar-refractivity contribution in [2.24, 2.45) is 0 Å². The maximum absolute atomic E-state index is 13.0. The first-order valence-electron chi connectivity index (χ1n) is 20.3. The fourth-order valence-corrected chi connectivity index (χ4v) is 6.61. The van der Waals surface area contributed by atoms with E-state index in [0.717, 1.165) is 84.0 Å². The Morgan fingerprint density at radius 1 is 0.464 bits per heavy atom. The first-order valence-corrected chi connectivity index (χ1v) is 20.3. The number of ether oxygens (including phenoxy) is 6. The molecule has 0 heterocycles. The van der Waals surface area contributed by atoms with E-state index >= 15 is 0 Å². The largest absolute Gasteiger partial charge is 0.490 e. The number of hydrogen-bond donors (Lipinski definition) is 0. The lowest BCUT2D eigenvalue weighted by atomic mass is 10.0. The van der Waals surface area contributed by atoms with Gasteiger partial charge in [-0.25, -0.2) is 0 Å². The van der Waals surface area contributed by atoms with E-state index in [9.17, 15) is 9.59 Å². The number of carbonyl (C=O) groups is 2. The molecule has 56 heavy (non-hydrogen) atoms. The number of benzene rings is 5. The Balaban J connectivity index is 1.37. The van der Waals surface area contributed by atoms with Crippen molar-refractivity contribution < 1.29 is 38.0 Å². The summed E-state index contributed by atoms with van der Waals surface area (Å²) in [6, 6.07) is 31.4. The van der Waals surface area contributed by atoms with Gasteiger partial charge in [-0.2, -0.15) is 0 Å². The molecule has 0 saturated carbocycles. The van der Waals surface area contributed by atoms with Crippen LogP contribution in [0.25, 0.3) is 21.5 Å². The highest BCUT2D eigenvalue weighted by atomic mass is 16.6. The molecule has 0 N–H and O–H groups in total. The van der Waals surface area contributed by atoms with Crippen LogP contribution in [0.2, 0.25) is 0 Å². The lowest BCUT2D eigenvalue weighted by Crippen LogP contribution is -2.31. The van der Waals surface area contributed by atoms with E-state index in [2.05, 4.69) is 13.8 Å². The zero-order chi connectivity index (χ0) is 39.5. The summed E-state index contributed by atoms with van der Waals surface area (Å²) in [4.78, 5) is 26.0. The summed E-state index contributed by atoms with van der Waals surface area (Å²) in [7, 11) is 0. The minimum Gasteiger partial charge on any atom is -0.490 e. The molecule has 0 spiro atoms. The van der Waals surface area contributed by atoms with Crippen molar-refractivity contribution in [3.8, 4) is 23.0 Å². The number of aryl methyl sites for hydroxylation is 2. The average molecular weight is 763 g/mol. The fourth-order valence-electron chi connectivity index (χ4n) is 6.61. The molecule has 0 amide bonds. The molecule has 0 aromatic heterocycles. The van der Waals surface area contributed by atoms with E-state index in [-0.39, 0.29) is 38.4 Å². The van der Waals surface area contributed by atoms with E-state index in [1.54, 1.807) is 0 Å². The Hall–Kier alpha value is -5.24. The molecular weight excluding hydrogens is 705 g/mol. The molecule has 0 bridgehead atoms. The molecule has 0 radical (unpaired) electrons. The Morgan fingerprint density at radius 2 is 0.839 bits per heavy atom. The van der Waals surface area contributed by atoms with Crippen molar-refractivity contribution in [2.45, 2.75) is 104 Å². The van der Waals surface area contributed by atoms with Gasteiger partial charge in [0, 0.05) is 34.4 Å². The zero-order valence-corrected chi connectivity index (χ0v) is 33.6. The van der Waals surface area contributed by atoms with Crippen LogP contribution >= 0.6 is 0 Å². The van der Waals surface area contributed by atoms with Crippen LogP contribution < -0.4 is 18.9 Å². The molecule has 5 aromatic rings. The maximum atomic E-state index is 13.0. The van der Waals surface area contributed by atoms with Crippen LogP contribution in [-0.4, -0.2) is 50.6 Å². The lowest BCUT2D eigenvalue weighted by Gasteiger charge is -2.23.